The van der Waals surface area contributed by atoms with E-state index in [1.54, 1.807) is 0 Å². The molecule has 6 rings (SSSR count). The van der Waals surface area contributed by atoms with E-state index < -0.39 is 0 Å². The van der Waals surface area contributed by atoms with Crippen molar-refractivity contribution in [3.8, 4) is 34.2 Å². The molecular weight excluding hydrogens is 494 g/mol. The molecule has 2 aliphatic rings. The summed E-state index contributed by atoms with van der Waals surface area (Å²) in [6, 6.07) is 20.3. The van der Waals surface area contributed by atoms with Crippen LogP contribution in [0.2, 0.25) is 0 Å². The molecule has 2 aromatic carbocycles. The minimum atomic E-state index is 0.459. The molecule has 2 aliphatic heterocycles. The van der Waals surface area contributed by atoms with Gasteiger partial charge in [0.2, 0.25) is 0 Å². The van der Waals surface area contributed by atoms with Crippen molar-refractivity contribution < 1.29 is 0 Å². The maximum Gasteiger partial charge on any atom is 0.166 e. The van der Waals surface area contributed by atoms with Crippen LogP contribution in [0.25, 0.3) is 34.2 Å². The van der Waals surface area contributed by atoms with Crippen LogP contribution in [0.5, 0.6) is 0 Å². The van der Waals surface area contributed by atoms with Crippen molar-refractivity contribution in [2.45, 2.75) is 15.4 Å². The third-order valence-corrected chi connectivity index (χ3v) is 10.6. The van der Waals surface area contributed by atoms with Crippen LogP contribution in [-0.4, -0.2) is 20.2 Å². The maximum atomic E-state index is 4.90. The lowest BCUT2D eigenvalue weighted by molar-refractivity contribution is 1.04. The second kappa shape index (κ2) is 7.64. The zero-order chi connectivity index (χ0) is 20.1. The summed E-state index contributed by atoms with van der Waals surface area (Å²) in [6.45, 7) is 0. The van der Waals surface area contributed by atoms with Gasteiger partial charge in [-0.3, -0.25) is 0 Å². The van der Waals surface area contributed by atoms with E-state index in [0.717, 1.165) is 22.5 Å². The summed E-state index contributed by atoms with van der Waals surface area (Å²) in [6.07, 6.45) is 0. The Hall–Kier alpha value is -1.93. The Bertz CT molecular complexity index is 1210. The number of aromatic nitrogens is 3. The molecule has 0 amide bonds. The summed E-state index contributed by atoms with van der Waals surface area (Å²) < 4.78 is 1.28. The minimum absolute atomic E-state index is 0.459. The van der Waals surface area contributed by atoms with Gasteiger partial charge in [0.25, 0.3) is 0 Å². The molecule has 3 nitrogen and oxygen atoms in total. The monoisotopic (exact) mass is 507 g/mol. The molecule has 0 N–H and O–H groups in total. The number of thioether (sulfide) groups is 2. The second-order valence-corrected chi connectivity index (χ2v) is 11.0. The topological polar surface area (TPSA) is 38.7 Å². The normalized spacial score (nSPS) is 19.4. The van der Waals surface area contributed by atoms with Crippen molar-refractivity contribution in [3.05, 3.63) is 80.8 Å². The number of halogens is 1. The SMILES string of the molecule is BrC1=CS[C@@H]2c3scc(-c4nc(-c5ccccc5)nc(-c5ccccc5)n4)c3SC12. The van der Waals surface area contributed by atoms with Crippen LogP contribution < -0.4 is 0 Å². The van der Waals surface area contributed by atoms with Gasteiger partial charge in [-0.15, -0.1) is 34.9 Å². The number of thiophene rings is 1. The lowest BCUT2D eigenvalue weighted by Crippen LogP contribution is -2.00. The van der Waals surface area contributed by atoms with Gasteiger partial charge >= 0.3 is 0 Å². The number of benzene rings is 2. The zero-order valence-corrected chi connectivity index (χ0v) is 19.6. The second-order valence-electron chi connectivity index (χ2n) is 6.98. The fourth-order valence-electron chi connectivity index (χ4n) is 3.63. The minimum Gasteiger partial charge on any atom is -0.208 e. The van der Waals surface area contributed by atoms with E-state index in [4.69, 9.17) is 15.0 Å². The third-order valence-electron chi connectivity index (χ3n) is 5.09. The standard InChI is InChI=1S/C23H14BrN3S3/c24-16-12-29-20-18(16)30-17-15(11-28-19(17)20)23-26-21(13-7-3-1-4-8-13)25-22(27-23)14-9-5-2-6-10-14/h1-12,18,20H/t18?,20-/m0/s1. The van der Waals surface area contributed by atoms with Gasteiger partial charge in [-0.2, -0.15) is 0 Å². The first-order valence-corrected chi connectivity index (χ1v) is 12.9. The first kappa shape index (κ1) is 18.8. The van der Waals surface area contributed by atoms with Gasteiger partial charge in [0.1, 0.15) is 0 Å². The molecule has 2 aromatic heterocycles. The van der Waals surface area contributed by atoms with Crippen LogP contribution in [0.1, 0.15) is 10.1 Å². The molecule has 2 atom stereocenters. The van der Waals surface area contributed by atoms with Gasteiger partial charge < -0.3 is 0 Å². The van der Waals surface area contributed by atoms with Crippen molar-refractivity contribution in [1.29, 1.82) is 0 Å². The number of hydrogen-bond donors (Lipinski definition) is 0. The molecule has 0 radical (unpaired) electrons. The molecule has 30 heavy (non-hydrogen) atoms. The lowest BCUT2D eigenvalue weighted by atomic mass is 10.1. The quantitative estimate of drug-likeness (QED) is 0.288. The Kier molecular flexibility index (Phi) is 4.79. The fraction of sp³-hybridized carbons (Fsp3) is 0.0870. The van der Waals surface area contributed by atoms with E-state index in [1.807, 2.05) is 95.5 Å². The highest BCUT2D eigenvalue weighted by atomic mass is 79.9. The van der Waals surface area contributed by atoms with E-state index >= 15 is 0 Å². The summed E-state index contributed by atoms with van der Waals surface area (Å²) >= 11 is 9.38. The Morgan fingerprint density at radius 3 is 1.97 bits per heavy atom. The number of fused-ring (bicyclic) bond motifs is 3. The van der Waals surface area contributed by atoms with E-state index in [0.29, 0.717) is 22.1 Å². The average molecular weight is 508 g/mol. The Morgan fingerprint density at radius 1 is 0.733 bits per heavy atom. The van der Waals surface area contributed by atoms with Crippen LogP contribution in [0.15, 0.2) is 80.8 Å². The smallest absolute Gasteiger partial charge is 0.166 e. The number of nitrogens with zero attached hydrogens (tertiary/aromatic N) is 3. The van der Waals surface area contributed by atoms with Gasteiger partial charge in [-0.25, -0.2) is 15.0 Å². The molecule has 0 bridgehead atoms. The van der Waals surface area contributed by atoms with E-state index in [2.05, 4.69) is 26.7 Å². The first-order valence-electron chi connectivity index (χ1n) is 9.44. The van der Waals surface area contributed by atoms with Gasteiger partial charge in [0.15, 0.2) is 17.5 Å². The fourth-order valence-corrected chi connectivity index (χ4v) is 9.10. The molecule has 4 heterocycles. The van der Waals surface area contributed by atoms with Crippen molar-refractivity contribution >= 4 is 50.8 Å². The van der Waals surface area contributed by atoms with Crippen molar-refractivity contribution in [2.75, 3.05) is 0 Å². The average Bonchev–Trinajstić information content (AvgIpc) is 3.48. The molecule has 0 fully saturated rings. The Labute approximate surface area is 195 Å². The highest BCUT2D eigenvalue weighted by molar-refractivity contribution is 9.12. The highest BCUT2D eigenvalue weighted by Gasteiger charge is 2.41. The van der Waals surface area contributed by atoms with Crippen LogP contribution in [0.3, 0.4) is 0 Å². The predicted octanol–water partition coefficient (Wildman–Crippen LogP) is 7.43. The largest absolute Gasteiger partial charge is 0.208 e. The van der Waals surface area contributed by atoms with Gasteiger partial charge in [-0.1, -0.05) is 76.6 Å². The van der Waals surface area contributed by atoms with Crippen LogP contribution in [0, 0.1) is 0 Å². The Morgan fingerprint density at radius 2 is 1.33 bits per heavy atom. The molecule has 0 aliphatic carbocycles. The summed E-state index contributed by atoms with van der Waals surface area (Å²) in [5, 5.41) is 5.39. The molecule has 0 spiro atoms. The molecular formula is C23H14BrN3S3. The predicted molar refractivity (Wildman–Crippen MR) is 131 cm³/mol. The summed E-state index contributed by atoms with van der Waals surface area (Å²) in [7, 11) is 0. The molecule has 146 valence electrons. The molecule has 0 saturated carbocycles. The summed E-state index contributed by atoms with van der Waals surface area (Å²) in [5.41, 5.74) is 3.11. The van der Waals surface area contributed by atoms with Gasteiger partial charge in [0, 0.05) is 36.3 Å². The molecule has 1 unspecified atom stereocenters. The van der Waals surface area contributed by atoms with Gasteiger partial charge in [-0.05, 0) is 5.41 Å². The lowest BCUT2D eigenvalue weighted by Gasteiger charge is -2.09. The van der Waals surface area contributed by atoms with Crippen LogP contribution >= 0.6 is 50.8 Å². The molecule has 7 heteroatoms. The molecule has 4 aromatic rings. The van der Waals surface area contributed by atoms with Crippen molar-refractivity contribution in [2.24, 2.45) is 0 Å². The zero-order valence-electron chi connectivity index (χ0n) is 15.5. The van der Waals surface area contributed by atoms with Crippen LogP contribution in [-0.2, 0) is 0 Å². The van der Waals surface area contributed by atoms with Crippen molar-refractivity contribution in [3.63, 3.8) is 0 Å². The maximum absolute atomic E-state index is 4.90. The Balaban J connectivity index is 1.51. The van der Waals surface area contributed by atoms with E-state index in [9.17, 15) is 0 Å². The van der Waals surface area contributed by atoms with Gasteiger partial charge in [0.05, 0.1) is 10.5 Å². The van der Waals surface area contributed by atoms with E-state index in [1.165, 1.54) is 14.3 Å². The third kappa shape index (κ3) is 3.15. The summed E-state index contributed by atoms with van der Waals surface area (Å²) in [4.78, 5) is 17.3. The highest BCUT2D eigenvalue weighted by Crippen LogP contribution is 2.62. The number of rotatable bonds is 3. The molecule has 0 saturated heterocycles. The summed E-state index contributed by atoms with van der Waals surface area (Å²) in [5.74, 6) is 2.16. The van der Waals surface area contributed by atoms with E-state index in [-0.39, 0.29) is 0 Å². The first-order chi connectivity index (χ1) is 14.8. The number of hydrogen-bond acceptors (Lipinski definition) is 6. The van der Waals surface area contributed by atoms with Crippen molar-refractivity contribution in [1.82, 2.24) is 15.0 Å². The van der Waals surface area contributed by atoms with Crippen LogP contribution in [0.4, 0.5) is 0 Å².